The second-order valence-corrected chi connectivity index (χ2v) is 6.40. The Morgan fingerprint density at radius 2 is 1.75 bits per heavy atom. The van der Waals surface area contributed by atoms with Crippen molar-refractivity contribution in [2.24, 2.45) is 11.8 Å². The molecular formula is C16H29N3O. The number of nitrogens with zero attached hydrogens (tertiary/aromatic N) is 2. The molecule has 0 aliphatic heterocycles. The first-order valence-electron chi connectivity index (χ1n) is 7.66. The van der Waals surface area contributed by atoms with Crippen molar-refractivity contribution >= 4 is 5.91 Å². The van der Waals surface area contributed by atoms with Gasteiger partial charge in [0.15, 0.2) is 0 Å². The van der Waals surface area contributed by atoms with Crippen molar-refractivity contribution in [3.05, 3.63) is 17.7 Å². The Bertz CT molecular complexity index is 398. The van der Waals surface area contributed by atoms with Crippen LogP contribution in [0.4, 0.5) is 0 Å². The minimum absolute atomic E-state index is 0.196. The summed E-state index contributed by atoms with van der Waals surface area (Å²) in [5, 5.41) is 0. The summed E-state index contributed by atoms with van der Waals surface area (Å²) in [5.41, 5.74) is 1.86. The lowest BCUT2D eigenvalue weighted by atomic mass is 10.1. The van der Waals surface area contributed by atoms with E-state index in [1.165, 1.54) is 0 Å². The number of hydrogen-bond acceptors (Lipinski definition) is 2. The van der Waals surface area contributed by atoms with E-state index >= 15 is 0 Å². The van der Waals surface area contributed by atoms with Crippen molar-refractivity contribution in [3.63, 3.8) is 0 Å². The summed E-state index contributed by atoms with van der Waals surface area (Å²) >= 11 is 0. The van der Waals surface area contributed by atoms with Gasteiger partial charge in [0, 0.05) is 18.8 Å². The number of rotatable bonds is 8. The first-order chi connectivity index (χ1) is 9.40. The van der Waals surface area contributed by atoms with Gasteiger partial charge in [-0.1, -0.05) is 27.7 Å². The van der Waals surface area contributed by atoms with Gasteiger partial charge in [0.1, 0.15) is 0 Å². The Labute approximate surface area is 123 Å². The van der Waals surface area contributed by atoms with Gasteiger partial charge in [-0.05, 0) is 31.6 Å². The maximum atomic E-state index is 12.5. The Morgan fingerprint density at radius 3 is 2.15 bits per heavy atom. The molecule has 114 valence electrons. The maximum Gasteiger partial charge on any atom is 0.228 e. The standard InChI is InChI=1S/C16H29N3O/c1-12(2)6-8-19(9-7-13(3)4)16(20)10-15-14(5)17-11-18-15/h11-13H,6-10H2,1-5H3,(H,17,18). The first-order valence-corrected chi connectivity index (χ1v) is 7.66. The average molecular weight is 279 g/mol. The third-order valence-electron chi connectivity index (χ3n) is 3.56. The predicted octanol–water partition coefficient (Wildman–Crippen LogP) is 3.18. The molecule has 1 N–H and O–H groups in total. The third-order valence-corrected chi connectivity index (χ3v) is 3.56. The van der Waals surface area contributed by atoms with Gasteiger partial charge in [-0.3, -0.25) is 4.79 Å². The summed E-state index contributed by atoms with van der Waals surface area (Å²) in [6, 6.07) is 0. The van der Waals surface area contributed by atoms with Gasteiger partial charge in [-0.25, -0.2) is 4.98 Å². The smallest absolute Gasteiger partial charge is 0.228 e. The van der Waals surface area contributed by atoms with E-state index in [1.54, 1.807) is 6.33 Å². The van der Waals surface area contributed by atoms with E-state index in [0.717, 1.165) is 37.3 Å². The molecule has 0 spiro atoms. The van der Waals surface area contributed by atoms with E-state index in [9.17, 15) is 4.79 Å². The number of nitrogens with one attached hydrogen (secondary N) is 1. The second-order valence-electron chi connectivity index (χ2n) is 6.40. The number of aromatic nitrogens is 2. The van der Waals surface area contributed by atoms with E-state index in [4.69, 9.17) is 0 Å². The minimum atomic E-state index is 0.196. The molecule has 0 saturated carbocycles. The van der Waals surface area contributed by atoms with E-state index in [-0.39, 0.29) is 5.91 Å². The van der Waals surface area contributed by atoms with Crippen molar-refractivity contribution in [3.8, 4) is 0 Å². The molecule has 0 bridgehead atoms. The van der Waals surface area contributed by atoms with Gasteiger partial charge in [0.05, 0.1) is 18.4 Å². The van der Waals surface area contributed by atoms with E-state index in [0.29, 0.717) is 18.3 Å². The SMILES string of the molecule is Cc1[nH]cnc1CC(=O)N(CCC(C)C)CCC(C)C. The molecule has 4 nitrogen and oxygen atoms in total. The van der Waals surface area contributed by atoms with Crippen LogP contribution in [-0.4, -0.2) is 33.9 Å². The largest absolute Gasteiger partial charge is 0.348 e. The van der Waals surface area contributed by atoms with Crippen LogP contribution in [0, 0.1) is 18.8 Å². The molecule has 1 aromatic heterocycles. The maximum absolute atomic E-state index is 12.5. The molecule has 0 radical (unpaired) electrons. The van der Waals surface area contributed by atoms with E-state index < -0.39 is 0 Å². The monoisotopic (exact) mass is 279 g/mol. The lowest BCUT2D eigenvalue weighted by molar-refractivity contribution is -0.130. The molecule has 0 fully saturated rings. The van der Waals surface area contributed by atoms with Crippen LogP contribution in [0.25, 0.3) is 0 Å². The second kappa shape index (κ2) is 8.08. The highest BCUT2D eigenvalue weighted by atomic mass is 16.2. The zero-order chi connectivity index (χ0) is 15.1. The van der Waals surface area contributed by atoms with Crippen molar-refractivity contribution in [1.29, 1.82) is 0 Å². The molecule has 0 saturated heterocycles. The highest BCUT2D eigenvalue weighted by Gasteiger charge is 2.16. The van der Waals surface area contributed by atoms with Gasteiger partial charge >= 0.3 is 0 Å². The summed E-state index contributed by atoms with van der Waals surface area (Å²) in [5.74, 6) is 1.44. The number of imidazole rings is 1. The molecule has 1 aromatic rings. The molecular weight excluding hydrogens is 250 g/mol. The number of aromatic amines is 1. The topological polar surface area (TPSA) is 49.0 Å². The third kappa shape index (κ3) is 5.76. The number of carbonyl (C=O) groups is 1. The fourth-order valence-electron chi connectivity index (χ4n) is 2.01. The molecule has 0 aromatic carbocycles. The molecule has 0 unspecified atom stereocenters. The number of amides is 1. The summed E-state index contributed by atoms with van der Waals surface area (Å²) in [4.78, 5) is 21.7. The highest BCUT2D eigenvalue weighted by Crippen LogP contribution is 2.10. The molecule has 1 amide bonds. The van der Waals surface area contributed by atoms with Crippen molar-refractivity contribution in [2.75, 3.05) is 13.1 Å². The highest BCUT2D eigenvalue weighted by molar-refractivity contribution is 5.78. The van der Waals surface area contributed by atoms with Crippen LogP contribution in [0.3, 0.4) is 0 Å². The Kier molecular flexibility index (Phi) is 6.76. The van der Waals surface area contributed by atoms with Gasteiger partial charge in [0.25, 0.3) is 0 Å². The first kappa shape index (κ1) is 16.7. The van der Waals surface area contributed by atoms with Gasteiger partial charge in [-0.15, -0.1) is 0 Å². The summed E-state index contributed by atoms with van der Waals surface area (Å²) in [7, 11) is 0. The van der Waals surface area contributed by atoms with Crippen LogP contribution in [0.2, 0.25) is 0 Å². The Balaban J connectivity index is 2.60. The average Bonchev–Trinajstić information content (AvgIpc) is 2.74. The van der Waals surface area contributed by atoms with Crippen molar-refractivity contribution in [1.82, 2.24) is 14.9 Å². The molecule has 0 atom stereocenters. The normalized spacial score (nSPS) is 11.3. The number of aryl methyl sites for hydroxylation is 1. The minimum Gasteiger partial charge on any atom is -0.348 e. The van der Waals surface area contributed by atoms with Crippen LogP contribution >= 0.6 is 0 Å². The zero-order valence-corrected chi connectivity index (χ0v) is 13.6. The lowest BCUT2D eigenvalue weighted by Gasteiger charge is -2.24. The Morgan fingerprint density at radius 1 is 1.20 bits per heavy atom. The fourth-order valence-corrected chi connectivity index (χ4v) is 2.01. The molecule has 1 rings (SSSR count). The lowest BCUT2D eigenvalue weighted by Crippen LogP contribution is -2.35. The summed E-state index contributed by atoms with van der Waals surface area (Å²) in [6.45, 7) is 12.5. The summed E-state index contributed by atoms with van der Waals surface area (Å²) in [6.07, 6.45) is 4.18. The molecule has 4 heteroatoms. The van der Waals surface area contributed by atoms with Crippen LogP contribution in [0.15, 0.2) is 6.33 Å². The van der Waals surface area contributed by atoms with Crippen LogP contribution < -0.4 is 0 Å². The van der Waals surface area contributed by atoms with Gasteiger partial charge < -0.3 is 9.88 Å². The molecule has 0 aliphatic carbocycles. The number of hydrogen-bond donors (Lipinski definition) is 1. The molecule has 1 heterocycles. The fraction of sp³-hybridized carbons (Fsp3) is 0.750. The van der Waals surface area contributed by atoms with Gasteiger partial charge in [-0.2, -0.15) is 0 Å². The molecule has 0 aliphatic rings. The van der Waals surface area contributed by atoms with Crippen molar-refractivity contribution in [2.45, 2.75) is 53.9 Å². The zero-order valence-electron chi connectivity index (χ0n) is 13.6. The van der Waals surface area contributed by atoms with Crippen LogP contribution in [-0.2, 0) is 11.2 Å². The predicted molar refractivity (Wildman–Crippen MR) is 82.5 cm³/mol. The quantitative estimate of drug-likeness (QED) is 0.794. The summed E-state index contributed by atoms with van der Waals surface area (Å²) < 4.78 is 0. The van der Waals surface area contributed by atoms with Crippen molar-refractivity contribution < 1.29 is 4.79 Å². The van der Waals surface area contributed by atoms with E-state index in [2.05, 4.69) is 37.7 Å². The van der Waals surface area contributed by atoms with Crippen LogP contribution in [0.5, 0.6) is 0 Å². The van der Waals surface area contributed by atoms with E-state index in [1.807, 2.05) is 11.8 Å². The number of H-pyrrole nitrogens is 1. The van der Waals surface area contributed by atoms with Crippen LogP contribution in [0.1, 0.15) is 51.9 Å². The Hall–Kier alpha value is -1.32. The van der Waals surface area contributed by atoms with Gasteiger partial charge in [0.2, 0.25) is 5.91 Å². The molecule has 20 heavy (non-hydrogen) atoms. The number of carbonyl (C=O) groups excluding carboxylic acids is 1.